The van der Waals surface area contributed by atoms with Crippen molar-refractivity contribution in [3.63, 3.8) is 0 Å². The molecule has 0 saturated carbocycles. The van der Waals surface area contributed by atoms with Crippen molar-refractivity contribution >= 4 is 29.2 Å². The summed E-state index contributed by atoms with van der Waals surface area (Å²) in [4.78, 5) is 20.1. The molecule has 0 bridgehead atoms. The third kappa shape index (κ3) is 4.43. The van der Waals surface area contributed by atoms with E-state index in [4.69, 9.17) is 16.6 Å². The maximum atomic E-state index is 11.0. The van der Waals surface area contributed by atoms with E-state index in [1.54, 1.807) is 33.7 Å². The molecule has 29 heavy (non-hydrogen) atoms. The minimum atomic E-state index is -1.24. The number of carboxylic acid groups (broad SMARTS) is 1. The number of anilines is 1. The molecule has 0 fully saturated rings. The first kappa shape index (κ1) is 21.3. The summed E-state index contributed by atoms with van der Waals surface area (Å²) in [6.45, 7) is 1.46. The number of nitrogens with zero attached hydrogens (tertiary/aromatic N) is 6. The van der Waals surface area contributed by atoms with Crippen molar-refractivity contribution < 1.29 is 39.5 Å². The van der Waals surface area contributed by atoms with E-state index in [1.165, 1.54) is 6.92 Å². The number of benzene rings is 1. The van der Waals surface area contributed by atoms with Crippen LogP contribution in [0.2, 0.25) is 5.02 Å². The molecule has 0 aliphatic rings. The van der Waals surface area contributed by atoms with Crippen LogP contribution in [0.3, 0.4) is 0 Å². The van der Waals surface area contributed by atoms with E-state index < -0.39 is 12.0 Å². The van der Waals surface area contributed by atoms with Gasteiger partial charge in [0.2, 0.25) is 5.95 Å². The minimum absolute atomic E-state index is 0. The zero-order valence-electron chi connectivity index (χ0n) is 16.0. The summed E-state index contributed by atoms with van der Waals surface area (Å²) >= 11 is 5.98. The number of aliphatic carboxylic acids is 1. The van der Waals surface area contributed by atoms with Gasteiger partial charge in [0.15, 0.2) is 5.65 Å². The van der Waals surface area contributed by atoms with Crippen molar-refractivity contribution in [1.82, 2.24) is 29.4 Å². The number of halogens is 1. The number of carboxylic acids is 1. The predicted octanol–water partition coefficient (Wildman–Crippen LogP) is -1.60. The maximum Gasteiger partial charge on any atom is 1.00 e. The van der Waals surface area contributed by atoms with Gasteiger partial charge in [0.05, 0.1) is 30.1 Å². The van der Waals surface area contributed by atoms with Gasteiger partial charge in [-0.05, 0) is 19.1 Å². The average molecular weight is 420 g/mol. The van der Waals surface area contributed by atoms with E-state index >= 15 is 0 Å². The van der Waals surface area contributed by atoms with Crippen molar-refractivity contribution in [2.45, 2.75) is 13.0 Å². The molecule has 1 aromatic carbocycles. The number of nitrogens with one attached hydrogen (secondary N) is 1. The van der Waals surface area contributed by atoms with Gasteiger partial charge in [-0.1, -0.05) is 23.7 Å². The van der Waals surface area contributed by atoms with Crippen molar-refractivity contribution in [2.75, 3.05) is 5.32 Å². The number of aromatic nitrogens is 6. The summed E-state index contributed by atoms with van der Waals surface area (Å²) in [5.41, 5.74) is 3.31. The summed E-state index contributed by atoms with van der Waals surface area (Å²) < 4.78 is 3.22. The van der Waals surface area contributed by atoms with E-state index in [-0.39, 0.29) is 35.5 Å². The third-order valence-electron chi connectivity index (χ3n) is 4.14. The summed E-state index contributed by atoms with van der Waals surface area (Å²) in [5, 5.41) is 22.9. The number of rotatable bonds is 5. The van der Waals surface area contributed by atoms with Gasteiger partial charge in [-0.25, -0.2) is 9.50 Å². The summed E-state index contributed by atoms with van der Waals surface area (Å²) in [6, 6.07) is 6.34. The maximum absolute atomic E-state index is 11.0. The van der Waals surface area contributed by atoms with E-state index in [0.717, 1.165) is 11.1 Å². The van der Waals surface area contributed by atoms with Crippen LogP contribution in [-0.4, -0.2) is 41.4 Å². The quantitative estimate of drug-likeness (QED) is 0.387. The molecule has 0 saturated heterocycles. The monoisotopic (exact) mass is 419 g/mol. The van der Waals surface area contributed by atoms with E-state index in [1.807, 2.05) is 25.4 Å². The molecule has 3 heterocycles. The molecule has 4 rings (SSSR count). The number of hydrogen-bond acceptors (Lipinski definition) is 7. The summed E-state index contributed by atoms with van der Waals surface area (Å²) in [7, 11) is 1.81. The Kier molecular flexibility index (Phi) is 6.23. The average Bonchev–Trinajstić information content (AvgIpc) is 3.27. The smallest absolute Gasteiger partial charge is 0.548 e. The Morgan fingerprint density at radius 2 is 1.90 bits per heavy atom. The molecule has 0 radical (unpaired) electrons. The second kappa shape index (κ2) is 8.50. The molecular formula is C18H15ClN7NaO2. The van der Waals surface area contributed by atoms with Crippen LogP contribution in [0.25, 0.3) is 28.2 Å². The van der Waals surface area contributed by atoms with Crippen LogP contribution in [0.5, 0.6) is 0 Å². The Labute approximate surface area is 193 Å². The zero-order valence-corrected chi connectivity index (χ0v) is 18.8. The second-order valence-electron chi connectivity index (χ2n) is 6.27. The number of carbonyl (C=O) groups is 1. The standard InChI is InChI=1S/C18H16ClN7O2.Na/c1-10(17(27)28)21-18-23-16-15(12-7-20-25(2)8-12)22-14(9-26(16)24-18)11-3-5-13(19)6-4-11;/h3-10H,1-2H3,(H,21,24)(H,27,28);/q;+1/p-1/t10-;/m0./s1. The molecule has 0 spiro atoms. The van der Waals surface area contributed by atoms with Crippen LogP contribution < -0.4 is 40.0 Å². The normalized spacial score (nSPS) is 11.8. The molecule has 4 aromatic rings. The first-order chi connectivity index (χ1) is 13.4. The Hall–Kier alpha value is -2.46. The van der Waals surface area contributed by atoms with Crippen LogP contribution >= 0.6 is 11.6 Å². The van der Waals surface area contributed by atoms with Gasteiger partial charge in [0.25, 0.3) is 0 Å². The van der Waals surface area contributed by atoms with Gasteiger partial charge in [-0.3, -0.25) is 4.68 Å². The largest absolute Gasteiger partial charge is 1.00 e. The van der Waals surface area contributed by atoms with Crippen LogP contribution in [-0.2, 0) is 11.8 Å². The molecule has 0 aliphatic carbocycles. The van der Waals surface area contributed by atoms with Crippen LogP contribution in [0.1, 0.15) is 6.92 Å². The fraction of sp³-hybridized carbons (Fsp3) is 0.167. The summed E-state index contributed by atoms with van der Waals surface area (Å²) in [6.07, 6.45) is 5.22. The number of fused-ring (bicyclic) bond motifs is 1. The molecule has 11 heteroatoms. The minimum Gasteiger partial charge on any atom is -0.548 e. The van der Waals surface area contributed by atoms with Gasteiger partial charge >= 0.3 is 29.6 Å². The molecule has 1 N–H and O–H groups in total. The molecule has 142 valence electrons. The van der Waals surface area contributed by atoms with Gasteiger partial charge in [0, 0.05) is 29.4 Å². The van der Waals surface area contributed by atoms with Crippen LogP contribution in [0.15, 0.2) is 42.9 Å². The van der Waals surface area contributed by atoms with Crippen molar-refractivity contribution in [3.8, 4) is 22.5 Å². The fourth-order valence-corrected chi connectivity index (χ4v) is 2.83. The molecular weight excluding hydrogens is 405 g/mol. The zero-order chi connectivity index (χ0) is 19.8. The van der Waals surface area contributed by atoms with Crippen molar-refractivity contribution in [3.05, 3.63) is 47.9 Å². The van der Waals surface area contributed by atoms with Gasteiger partial charge in [0.1, 0.15) is 5.69 Å². The third-order valence-corrected chi connectivity index (χ3v) is 4.39. The van der Waals surface area contributed by atoms with E-state index in [9.17, 15) is 9.90 Å². The molecule has 0 unspecified atom stereocenters. The predicted molar refractivity (Wildman–Crippen MR) is 102 cm³/mol. The Morgan fingerprint density at radius 3 is 2.52 bits per heavy atom. The SMILES string of the molecule is C[C@H](Nc1nc2c(-c3cnn(C)c3)nc(-c3ccc(Cl)cc3)cn2n1)C(=O)[O-].[Na+]. The first-order valence-electron chi connectivity index (χ1n) is 8.40. The topological polar surface area (TPSA) is 113 Å². The van der Waals surface area contributed by atoms with Crippen molar-refractivity contribution in [1.29, 1.82) is 0 Å². The Morgan fingerprint density at radius 1 is 1.17 bits per heavy atom. The molecule has 3 aromatic heterocycles. The van der Waals surface area contributed by atoms with Crippen LogP contribution in [0.4, 0.5) is 5.95 Å². The molecule has 0 aliphatic heterocycles. The van der Waals surface area contributed by atoms with Gasteiger partial charge in [-0.2, -0.15) is 10.1 Å². The molecule has 1 atom stereocenters. The number of aryl methyl sites for hydroxylation is 1. The molecule has 9 nitrogen and oxygen atoms in total. The summed E-state index contributed by atoms with van der Waals surface area (Å²) in [5.74, 6) is -1.08. The first-order valence-corrected chi connectivity index (χ1v) is 8.78. The molecule has 0 amide bonds. The fourth-order valence-electron chi connectivity index (χ4n) is 2.70. The van der Waals surface area contributed by atoms with Gasteiger partial charge in [-0.15, -0.1) is 5.10 Å². The van der Waals surface area contributed by atoms with E-state index in [2.05, 4.69) is 20.5 Å². The Bertz CT molecular complexity index is 1170. The van der Waals surface area contributed by atoms with Crippen LogP contribution in [0, 0.1) is 0 Å². The second-order valence-corrected chi connectivity index (χ2v) is 6.71. The van der Waals surface area contributed by atoms with Crippen molar-refractivity contribution in [2.24, 2.45) is 7.05 Å². The number of hydrogen-bond donors (Lipinski definition) is 1. The van der Waals surface area contributed by atoms with Gasteiger partial charge < -0.3 is 15.2 Å². The Balaban J connectivity index is 0.00000240. The number of carbonyl (C=O) groups excluding carboxylic acids is 1. The van der Waals surface area contributed by atoms with E-state index in [0.29, 0.717) is 22.1 Å².